The van der Waals surface area contributed by atoms with Gasteiger partial charge < -0.3 is 11.1 Å². The summed E-state index contributed by atoms with van der Waals surface area (Å²) in [5.41, 5.74) is 5.94. The Morgan fingerprint density at radius 3 is 2.47 bits per heavy atom. The smallest absolute Gasteiger partial charge is 0.188 e. The molecule has 3 saturated carbocycles. The third kappa shape index (κ3) is 2.75. The van der Waals surface area contributed by atoms with E-state index in [1.165, 1.54) is 51.4 Å². The summed E-state index contributed by atoms with van der Waals surface area (Å²) in [6, 6.07) is 0.613. The predicted octanol–water partition coefficient (Wildman–Crippen LogP) is 2.27. The van der Waals surface area contributed by atoms with Gasteiger partial charge in [0.2, 0.25) is 0 Å². The largest absolute Gasteiger partial charge is 0.370 e. The fraction of sp³-hybridized carbons (Fsp3) is 0.929. The van der Waals surface area contributed by atoms with Gasteiger partial charge in [-0.05, 0) is 62.7 Å². The molecule has 0 aromatic rings. The Morgan fingerprint density at radius 1 is 1.06 bits per heavy atom. The van der Waals surface area contributed by atoms with Crippen LogP contribution in [0.3, 0.4) is 0 Å². The molecule has 2 unspecified atom stereocenters. The lowest BCUT2D eigenvalue weighted by Gasteiger charge is -2.27. The van der Waals surface area contributed by atoms with Gasteiger partial charge in [0.1, 0.15) is 0 Å². The monoisotopic (exact) mass is 235 g/mol. The SMILES string of the molecule is NC(=NCC1CCCC1C1CC1)NC1CCC1. The van der Waals surface area contributed by atoms with E-state index in [4.69, 9.17) is 5.73 Å². The fourth-order valence-corrected chi connectivity index (χ4v) is 3.46. The fourth-order valence-electron chi connectivity index (χ4n) is 3.46. The number of nitrogens with zero attached hydrogens (tertiary/aromatic N) is 1. The van der Waals surface area contributed by atoms with Crippen molar-refractivity contribution >= 4 is 5.96 Å². The van der Waals surface area contributed by atoms with E-state index in [0.29, 0.717) is 12.0 Å². The number of nitrogens with two attached hydrogens (primary N) is 1. The van der Waals surface area contributed by atoms with Crippen LogP contribution in [0.25, 0.3) is 0 Å². The van der Waals surface area contributed by atoms with Crippen LogP contribution in [0.15, 0.2) is 4.99 Å². The molecule has 3 rings (SSSR count). The van der Waals surface area contributed by atoms with Gasteiger partial charge in [-0.25, -0.2) is 0 Å². The van der Waals surface area contributed by atoms with Crippen LogP contribution < -0.4 is 11.1 Å². The molecule has 3 heteroatoms. The zero-order valence-corrected chi connectivity index (χ0v) is 10.7. The third-order valence-corrected chi connectivity index (χ3v) is 4.90. The van der Waals surface area contributed by atoms with Crippen molar-refractivity contribution in [3.05, 3.63) is 0 Å². The summed E-state index contributed by atoms with van der Waals surface area (Å²) in [6.07, 6.45) is 11.1. The van der Waals surface area contributed by atoms with Crippen molar-refractivity contribution in [3.63, 3.8) is 0 Å². The number of guanidine groups is 1. The highest BCUT2D eigenvalue weighted by Gasteiger charge is 2.38. The summed E-state index contributed by atoms with van der Waals surface area (Å²) < 4.78 is 0. The Balaban J connectivity index is 1.46. The minimum atomic E-state index is 0.613. The van der Waals surface area contributed by atoms with Gasteiger partial charge in [-0.2, -0.15) is 0 Å². The molecule has 3 N–H and O–H groups in total. The maximum absolute atomic E-state index is 5.94. The minimum Gasteiger partial charge on any atom is -0.370 e. The number of rotatable bonds is 4. The van der Waals surface area contributed by atoms with Crippen molar-refractivity contribution in [2.75, 3.05) is 6.54 Å². The van der Waals surface area contributed by atoms with E-state index in [1.54, 1.807) is 0 Å². The van der Waals surface area contributed by atoms with Crippen LogP contribution >= 0.6 is 0 Å². The molecular weight excluding hydrogens is 210 g/mol. The number of hydrogen-bond donors (Lipinski definition) is 2. The van der Waals surface area contributed by atoms with Crippen molar-refractivity contribution in [1.29, 1.82) is 0 Å². The Kier molecular flexibility index (Phi) is 3.26. The molecule has 96 valence electrons. The van der Waals surface area contributed by atoms with Crippen molar-refractivity contribution in [2.24, 2.45) is 28.5 Å². The summed E-state index contributed by atoms with van der Waals surface area (Å²) in [7, 11) is 0. The Bertz CT molecular complexity index is 292. The van der Waals surface area contributed by atoms with Gasteiger partial charge >= 0.3 is 0 Å². The molecule has 0 aromatic carbocycles. The predicted molar refractivity (Wildman–Crippen MR) is 70.8 cm³/mol. The lowest BCUT2D eigenvalue weighted by Crippen LogP contribution is -2.43. The van der Waals surface area contributed by atoms with Crippen molar-refractivity contribution in [3.8, 4) is 0 Å². The maximum atomic E-state index is 5.94. The molecule has 3 nitrogen and oxygen atoms in total. The minimum absolute atomic E-state index is 0.613. The second kappa shape index (κ2) is 4.87. The standard InChI is InChI=1S/C14H25N3/c15-14(17-12-4-2-5-12)16-9-11-3-1-6-13(11)10-7-8-10/h10-13H,1-9H2,(H3,15,16,17). The zero-order chi connectivity index (χ0) is 11.7. The first kappa shape index (κ1) is 11.4. The summed E-state index contributed by atoms with van der Waals surface area (Å²) in [6.45, 7) is 0.965. The van der Waals surface area contributed by atoms with Crippen LogP contribution in [0, 0.1) is 17.8 Å². The molecular formula is C14H25N3. The third-order valence-electron chi connectivity index (χ3n) is 4.90. The lowest BCUT2D eigenvalue weighted by atomic mass is 9.91. The van der Waals surface area contributed by atoms with Gasteiger partial charge in [-0.1, -0.05) is 6.42 Å². The van der Waals surface area contributed by atoms with Gasteiger partial charge in [-0.15, -0.1) is 0 Å². The molecule has 0 spiro atoms. The molecule has 3 fully saturated rings. The first-order valence-electron chi connectivity index (χ1n) is 7.39. The molecule has 3 aliphatic carbocycles. The second-order valence-electron chi connectivity index (χ2n) is 6.19. The Morgan fingerprint density at radius 2 is 1.82 bits per heavy atom. The van der Waals surface area contributed by atoms with Crippen LogP contribution in [-0.4, -0.2) is 18.5 Å². The topological polar surface area (TPSA) is 50.4 Å². The highest BCUT2D eigenvalue weighted by molar-refractivity contribution is 5.78. The molecule has 0 radical (unpaired) electrons. The number of nitrogens with one attached hydrogen (secondary N) is 1. The van der Waals surface area contributed by atoms with E-state index in [0.717, 1.165) is 24.3 Å². The van der Waals surface area contributed by atoms with Gasteiger partial charge in [0, 0.05) is 12.6 Å². The average Bonchev–Trinajstić information content (AvgIpc) is 3.00. The van der Waals surface area contributed by atoms with E-state index < -0.39 is 0 Å². The highest BCUT2D eigenvalue weighted by atomic mass is 15.1. The number of hydrogen-bond acceptors (Lipinski definition) is 1. The molecule has 0 aliphatic heterocycles. The van der Waals surface area contributed by atoms with Gasteiger partial charge in [0.15, 0.2) is 5.96 Å². The maximum Gasteiger partial charge on any atom is 0.188 e. The lowest BCUT2D eigenvalue weighted by molar-refractivity contribution is 0.352. The van der Waals surface area contributed by atoms with Gasteiger partial charge in [-0.3, -0.25) is 4.99 Å². The van der Waals surface area contributed by atoms with Crippen LogP contribution in [0.1, 0.15) is 51.4 Å². The van der Waals surface area contributed by atoms with Crippen molar-refractivity contribution in [1.82, 2.24) is 5.32 Å². The normalized spacial score (nSPS) is 34.7. The number of aliphatic imine (C=N–C) groups is 1. The molecule has 17 heavy (non-hydrogen) atoms. The molecule has 0 heterocycles. The highest BCUT2D eigenvalue weighted by Crippen LogP contribution is 2.48. The molecule has 0 bridgehead atoms. The Labute approximate surface area is 104 Å². The van der Waals surface area contributed by atoms with Crippen LogP contribution in [0.5, 0.6) is 0 Å². The average molecular weight is 235 g/mol. The van der Waals surface area contributed by atoms with Crippen LogP contribution in [0.4, 0.5) is 0 Å². The molecule has 2 atom stereocenters. The van der Waals surface area contributed by atoms with E-state index in [9.17, 15) is 0 Å². The summed E-state index contributed by atoms with van der Waals surface area (Å²) in [5.74, 6) is 3.52. The first-order valence-corrected chi connectivity index (χ1v) is 7.39. The van der Waals surface area contributed by atoms with E-state index >= 15 is 0 Å². The molecule has 3 aliphatic rings. The van der Waals surface area contributed by atoms with Gasteiger partial charge in [0.05, 0.1) is 0 Å². The van der Waals surface area contributed by atoms with E-state index in [-0.39, 0.29) is 0 Å². The van der Waals surface area contributed by atoms with Crippen molar-refractivity contribution in [2.45, 2.75) is 57.4 Å². The molecule has 0 amide bonds. The summed E-state index contributed by atoms with van der Waals surface area (Å²) >= 11 is 0. The second-order valence-corrected chi connectivity index (χ2v) is 6.19. The van der Waals surface area contributed by atoms with Crippen LogP contribution in [-0.2, 0) is 0 Å². The molecule has 0 aromatic heterocycles. The Hall–Kier alpha value is -0.730. The molecule has 0 saturated heterocycles. The summed E-state index contributed by atoms with van der Waals surface area (Å²) in [4.78, 5) is 4.57. The zero-order valence-electron chi connectivity index (χ0n) is 10.7. The quantitative estimate of drug-likeness (QED) is 0.580. The van der Waals surface area contributed by atoms with Gasteiger partial charge in [0.25, 0.3) is 0 Å². The van der Waals surface area contributed by atoms with Crippen LogP contribution in [0.2, 0.25) is 0 Å². The van der Waals surface area contributed by atoms with Crippen molar-refractivity contribution < 1.29 is 0 Å². The van der Waals surface area contributed by atoms with E-state index in [2.05, 4.69) is 10.3 Å². The summed E-state index contributed by atoms with van der Waals surface area (Å²) in [5, 5.41) is 3.33. The first-order chi connectivity index (χ1) is 8.33. The van der Waals surface area contributed by atoms with E-state index in [1.807, 2.05) is 0 Å².